The highest BCUT2D eigenvalue weighted by Gasteiger charge is 1.99. The van der Waals surface area contributed by atoms with Gasteiger partial charge in [-0.3, -0.25) is 0 Å². The fourth-order valence-corrected chi connectivity index (χ4v) is 1.79. The maximum atomic E-state index is 10.2. The summed E-state index contributed by atoms with van der Waals surface area (Å²) in [6.45, 7) is 2.02. The molecule has 0 spiro atoms. The summed E-state index contributed by atoms with van der Waals surface area (Å²) in [5, 5.41) is 10.7. The Bertz CT molecular complexity index is 599. The number of benzene rings is 2. The summed E-state index contributed by atoms with van der Waals surface area (Å²) in [4.78, 5) is 10.2. The summed E-state index contributed by atoms with van der Waals surface area (Å²) >= 11 is 0. The van der Waals surface area contributed by atoms with Gasteiger partial charge in [-0.05, 0) is 41.0 Å². The van der Waals surface area contributed by atoms with Gasteiger partial charge < -0.3 is 9.84 Å². The van der Waals surface area contributed by atoms with Crippen LogP contribution in [0.5, 0.6) is 0 Å². The number of carboxylic acid groups (broad SMARTS) is 1. The Labute approximate surface area is 105 Å². The lowest BCUT2D eigenvalue weighted by Gasteiger charge is -2.04. The summed E-state index contributed by atoms with van der Waals surface area (Å²) in [7, 11) is 0. The minimum absolute atomic E-state index is 0.0774. The Balaban J connectivity index is 2.22. The minimum Gasteiger partial charge on any atom is -0.450 e. The van der Waals surface area contributed by atoms with E-state index in [1.54, 1.807) is 6.08 Å². The molecule has 0 bridgehead atoms. The molecule has 0 aliphatic rings. The summed E-state index contributed by atoms with van der Waals surface area (Å²) in [6.07, 6.45) is 0.510. The molecule has 0 amide bonds. The van der Waals surface area contributed by atoms with Crippen molar-refractivity contribution in [1.29, 1.82) is 0 Å². The molecule has 1 N–H and O–H groups in total. The van der Waals surface area contributed by atoms with Gasteiger partial charge >= 0.3 is 6.16 Å². The molecule has 0 fully saturated rings. The standard InChI is InChI=1S/C15H14O3/c1-11(8-9-18-15(16)17)13-7-6-12-4-2-3-5-14(12)10-13/h2-8,10H,9H2,1H3,(H,16,17). The van der Waals surface area contributed by atoms with Crippen LogP contribution in [0.2, 0.25) is 0 Å². The van der Waals surface area contributed by atoms with Gasteiger partial charge in [0.2, 0.25) is 0 Å². The van der Waals surface area contributed by atoms with Crippen molar-refractivity contribution in [2.75, 3.05) is 6.61 Å². The van der Waals surface area contributed by atoms with Crippen LogP contribution in [0, 0.1) is 0 Å². The summed E-state index contributed by atoms with van der Waals surface area (Å²) in [5.74, 6) is 0. The molecular weight excluding hydrogens is 228 g/mol. The first-order valence-corrected chi connectivity index (χ1v) is 5.68. The predicted molar refractivity (Wildman–Crippen MR) is 71.6 cm³/mol. The quantitative estimate of drug-likeness (QED) is 0.829. The van der Waals surface area contributed by atoms with Crippen LogP contribution in [0.15, 0.2) is 48.5 Å². The van der Waals surface area contributed by atoms with Crippen molar-refractivity contribution >= 4 is 22.5 Å². The van der Waals surface area contributed by atoms with E-state index in [9.17, 15) is 4.79 Å². The molecule has 0 aliphatic heterocycles. The third-order valence-electron chi connectivity index (χ3n) is 2.80. The molecule has 2 aromatic rings. The van der Waals surface area contributed by atoms with Gasteiger partial charge in [-0.25, -0.2) is 4.79 Å². The van der Waals surface area contributed by atoms with Gasteiger partial charge in [0.05, 0.1) is 0 Å². The van der Waals surface area contributed by atoms with E-state index in [4.69, 9.17) is 5.11 Å². The molecule has 2 aromatic carbocycles. The molecule has 18 heavy (non-hydrogen) atoms. The molecule has 0 saturated carbocycles. The van der Waals surface area contributed by atoms with Crippen molar-refractivity contribution in [1.82, 2.24) is 0 Å². The monoisotopic (exact) mass is 242 g/mol. The summed E-state index contributed by atoms with van der Waals surface area (Å²) in [5.41, 5.74) is 2.07. The van der Waals surface area contributed by atoms with Gasteiger partial charge in [0.1, 0.15) is 6.61 Å². The van der Waals surface area contributed by atoms with E-state index in [1.165, 1.54) is 10.8 Å². The Morgan fingerprint density at radius 3 is 2.67 bits per heavy atom. The highest BCUT2D eigenvalue weighted by molar-refractivity contribution is 5.86. The van der Waals surface area contributed by atoms with E-state index >= 15 is 0 Å². The lowest BCUT2D eigenvalue weighted by molar-refractivity contribution is 0.102. The van der Waals surface area contributed by atoms with Crippen molar-refractivity contribution in [2.24, 2.45) is 0 Å². The average molecular weight is 242 g/mol. The molecule has 0 unspecified atom stereocenters. The first-order valence-electron chi connectivity index (χ1n) is 5.68. The Morgan fingerprint density at radius 1 is 1.22 bits per heavy atom. The first-order chi connectivity index (χ1) is 8.66. The van der Waals surface area contributed by atoms with Crippen LogP contribution in [-0.4, -0.2) is 17.9 Å². The molecule has 3 nitrogen and oxygen atoms in total. The van der Waals surface area contributed by atoms with E-state index < -0.39 is 6.16 Å². The second kappa shape index (κ2) is 5.36. The molecule has 0 saturated heterocycles. The Morgan fingerprint density at radius 2 is 1.94 bits per heavy atom. The van der Waals surface area contributed by atoms with E-state index in [0.29, 0.717) is 0 Å². The SMILES string of the molecule is CC(=CCOC(=O)O)c1ccc2ccccc2c1. The van der Waals surface area contributed by atoms with E-state index in [0.717, 1.165) is 11.1 Å². The number of ether oxygens (including phenoxy) is 1. The molecule has 92 valence electrons. The minimum atomic E-state index is -1.25. The molecule has 0 radical (unpaired) electrons. The van der Waals surface area contributed by atoms with Crippen LogP contribution in [0.1, 0.15) is 12.5 Å². The Hall–Kier alpha value is -2.29. The fraction of sp³-hybridized carbons (Fsp3) is 0.133. The topological polar surface area (TPSA) is 46.5 Å². The molecule has 3 heteroatoms. The molecule has 2 rings (SSSR count). The zero-order valence-electron chi connectivity index (χ0n) is 10.1. The maximum Gasteiger partial charge on any atom is 0.506 e. The van der Waals surface area contributed by atoms with Crippen molar-refractivity contribution in [3.8, 4) is 0 Å². The van der Waals surface area contributed by atoms with Gasteiger partial charge in [-0.2, -0.15) is 0 Å². The second-order valence-electron chi connectivity index (χ2n) is 4.03. The third kappa shape index (κ3) is 2.88. The molecule has 0 heterocycles. The van der Waals surface area contributed by atoms with E-state index in [1.807, 2.05) is 25.1 Å². The van der Waals surface area contributed by atoms with Gasteiger partial charge in [0.25, 0.3) is 0 Å². The summed E-state index contributed by atoms with van der Waals surface area (Å²) < 4.78 is 4.46. The smallest absolute Gasteiger partial charge is 0.450 e. The summed E-state index contributed by atoms with van der Waals surface area (Å²) in [6, 6.07) is 14.3. The van der Waals surface area contributed by atoms with E-state index in [-0.39, 0.29) is 6.61 Å². The molecule has 0 aliphatic carbocycles. The number of allylic oxidation sites excluding steroid dienone is 1. The van der Waals surface area contributed by atoms with Crippen molar-refractivity contribution in [3.63, 3.8) is 0 Å². The van der Waals surface area contributed by atoms with Gasteiger partial charge in [0.15, 0.2) is 0 Å². The zero-order chi connectivity index (χ0) is 13.0. The van der Waals surface area contributed by atoms with Gasteiger partial charge in [-0.15, -0.1) is 0 Å². The van der Waals surface area contributed by atoms with Crippen molar-refractivity contribution < 1.29 is 14.6 Å². The largest absolute Gasteiger partial charge is 0.506 e. The maximum absolute atomic E-state index is 10.2. The predicted octanol–water partition coefficient (Wildman–Crippen LogP) is 3.94. The Kier molecular flexibility index (Phi) is 3.63. The van der Waals surface area contributed by atoms with Crippen LogP contribution in [0.4, 0.5) is 4.79 Å². The number of carbonyl (C=O) groups is 1. The fourth-order valence-electron chi connectivity index (χ4n) is 1.79. The van der Waals surface area contributed by atoms with Gasteiger partial charge in [0, 0.05) is 0 Å². The van der Waals surface area contributed by atoms with Crippen LogP contribution in [0.25, 0.3) is 16.3 Å². The number of hydrogen-bond acceptors (Lipinski definition) is 2. The highest BCUT2D eigenvalue weighted by atomic mass is 16.7. The average Bonchev–Trinajstić information content (AvgIpc) is 2.37. The number of rotatable bonds is 3. The normalized spacial score (nSPS) is 11.5. The first kappa shape index (κ1) is 12.2. The lowest BCUT2D eigenvalue weighted by atomic mass is 10.0. The third-order valence-corrected chi connectivity index (χ3v) is 2.80. The van der Waals surface area contributed by atoms with E-state index in [2.05, 4.69) is 29.0 Å². The highest BCUT2D eigenvalue weighted by Crippen LogP contribution is 2.20. The lowest BCUT2D eigenvalue weighted by Crippen LogP contribution is -1.99. The molecular formula is C15H14O3. The number of hydrogen-bond donors (Lipinski definition) is 1. The van der Waals surface area contributed by atoms with Crippen LogP contribution in [-0.2, 0) is 4.74 Å². The zero-order valence-corrected chi connectivity index (χ0v) is 10.1. The van der Waals surface area contributed by atoms with Gasteiger partial charge in [-0.1, -0.05) is 36.4 Å². The van der Waals surface area contributed by atoms with Crippen LogP contribution < -0.4 is 0 Å². The van der Waals surface area contributed by atoms with Crippen molar-refractivity contribution in [3.05, 3.63) is 54.1 Å². The second-order valence-corrected chi connectivity index (χ2v) is 4.03. The van der Waals surface area contributed by atoms with Crippen molar-refractivity contribution in [2.45, 2.75) is 6.92 Å². The van der Waals surface area contributed by atoms with Crippen LogP contribution in [0.3, 0.4) is 0 Å². The van der Waals surface area contributed by atoms with Crippen LogP contribution >= 0.6 is 0 Å². The molecule has 0 aromatic heterocycles. The number of fused-ring (bicyclic) bond motifs is 1. The molecule has 0 atom stereocenters.